The first-order valence-corrected chi connectivity index (χ1v) is 20.4. The number of hydrogen-bond donors (Lipinski definition) is 2. The van der Waals surface area contributed by atoms with Gasteiger partial charge in [-0.05, 0) is 104 Å². The average molecular weight is 676 g/mol. The lowest BCUT2D eigenvalue weighted by atomic mass is 10.0. The first-order chi connectivity index (χ1) is 23.5. The molecule has 0 bridgehead atoms. The summed E-state index contributed by atoms with van der Waals surface area (Å²) in [5.74, 6) is -0.443. The fourth-order valence-electron chi connectivity index (χ4n) is 5.67. The van der Waals surface area contributed by atoms with Gasteiger partial charge in [-0.25, -0.2) is 0 Å². The van der Waals surface area contributed by atoms with E-state index in [0.29, 0.717) is 19.6 Å². The van der Waals surface area contributed by atoms with Gasteiger partial charge >= 0.3 is 0 Å². The van der Waals surface area contributed by atoms with Crippen molar-refractivity contribution in [3.05, 3.63) is 48.6 Å². The van der Waals surface area contributed by atoms with Gasteiger partial charge in [-0.1, -0.05) is 140 Å². The van der Waals surface area contributed by atoms with E-state index in [9.17, 15) is 10.2 Å². The van der Waals surface area contributed by atoms with Gasteiger partial charge in [-0.3, -0.25) is 0 Å². The second-order valence-corrected chi connectivity index (χ2v) is 13.9. The SMILES string of the molecule is CCCCC/C=C\C/C=C\CCCCCCCCO[C@@H](O)C(CCN(C)C)[C@@H](O)OCCCCCCCC/C=C\C/C=C\CCCCC. The van der Waals surface area contributed by atoms with Gasteiger partial charge in [0.15, 0.2) is 12.6 Å². The van der Waals surface area contributed by atoms with Crippen LogP contribution in [0.25, 0.3) is 0 Å². The van der Waals surface area contributed by atoms with Crippen molar-refractivity contribution in [1.29, 1.82) is 0 Å². The highest BCUT2D eigenvalue weighted by molar-refractivity contribution is 4.93. The van der Waals surface area contributed by atoms with Gasteiger partial charge in [0.05, 0.1) is 5.92 Å². The molecule has 2 N–H and O–H groups in total. The number of aliphatic hydroxyl groups is 2. The lowest BCUT2D eigenvalue weighted by Crippen LogP contribution is -2.38. The zero-order valence-corrected chi connectivity index (χ0v) is 32.3. The Kier molecular flexibility index (Phi) is 37.6. The average Bonchev–Trinajstić information content (AvgIpc) is 3.07. The highest BCUT2D eigenvalue weighted by atomic mass is 16.6. The largest absolute Gasteiger partial charge is 0.368 e. The third-order valence-corrected chi connectivity index (χ3v) is 8.91. The minimum Gasteiger partial charge on any atom is -0.368 e. The molecule has 5 heteroatoms. The molecule has 0 saturated heterocycles. The van der Waals surface area contributed by atoms with Crippen LogP contribution in [0.4, 0.5) is 0 Å². The van der Waals surface area contributed by atoms with Crippen molar-refractivity contribution in [2.45, 2.75) is 187 Å². The monoisotopic (exact) mass is 676 g/mol. The number of unbranched alkanes of at least 4 members (excludes halogenated alkanes) is 18. The summed E-state index contributed by atoms with van der Waals surface area (Å²) >= 11 is 0. The molecular formula is C43H81NO4. The molecule has 0 aromatic rings. The van der Waals surface area contributed by atoms with Gasteiger partial charge in [0, 0.05) is 13.2 Å². The van der Waals surface area contributed by atoms with Crippen LogP contribution in [0.5, 0.6) is 0 Å². The van der Waals surface area contributed by atoms with E-state index in [1.54, 1.807) is 0 Å². The molecule has 0 aliphatic heterocycles. The molecule has 0 spiro atoms. The van der Waals surface area contributed by atoms with E-state index in [-0.39, 0.29) is 0 Å². The lowest BCUT2D eigenvalue weighted by molar-refractivity contribution is -0.221. The van der Waals surface area contributed by atoms with Crippen LogP contribution in [-0.4, -0.2) is 61.5 Å². The Morgan fingerprint density at radius 3 is 1.15 bits per heavy atom. The molecule has 0 rings (SSSR count). The van der Waals surface area contributed by atoms with E-state index in [1.165, 1.54) is 116 Å². The van der Waals surface area contributed by atoms with Crippen LogP contribution in [0, 0.1) is 5.92 Å². The molecule has 0 amide bonds. The van der Waals surface area contributed by atoms with E-state index < -0.39 is 18.5 Å². The molecule has 1 unspecified atom stereocenters. The van der Waals surface area contributed by atoms with Crippen LogP contribution < -0.4 is 0 Å². The lowest BCUT2D eigenvalue weighted by Gasteiger charge is -2.28. The van der Waals surface area contributed by atoms with Crippen LogP contribution >= 0.6 is 0 Å². The Balaban J connectivity index is 3.91. The zero-order chi connectivity index (χ0) is 35.2. The quantitative estimate of drug-likeness (QED) is 0.0390. The summed E-state index contributed by atoms with van der Waals surface area (Å²) in [6.07, 6.45) is 46.0. The molecular weight excluding hydrogens is 594 g/mol. The first-order valence-electron chi connectivity index (χ1n) is 20.4. The second kappa shape index (κ2) is 38.6. The van der Waals surface area contributed by atoms with Crippen LogP contribution in [0.1, 0.15) is 174 Å². The fraction of sp³-hybridized carbons (Fsp3) is 0.814. The second-order valence-electron chi connectivity index (χ2n) is 13.9. The maximum atomic E-state index is 10.8. The number of rotatable bonds is 37. The van der Waals surface area contributed by atoms with Crippen LogP contribution in [-0.2, 0) is 9.47 Å². The number of nitrogens with zero attached hydrogens (tertiary/aromatic N) is 1. The Hall–Kier alpha value is -1.24. The standard InChI is InChI=1S/C43H81NO4/c1-5-7-9-11-13-15-17-19-21-23-25-27-29-31-33-35-39-47-42(45)41(37-38-44(3)4)43(46)48-40-36-34-32-30-28-26-24-22-20-18-16-14-12-10-8-6-2/h13-16,19-22,41-43,45-46H,5-12,17-18,23-40H2,1-4H3/b15-13-,16-14-,21-19-,22-20-/t41?,42-,43+. The van der Waals surface area contributed by atoms with E-state index in [0.717, 1.165) is 45.1 Å². The van der Waals surface area contributed by atoms with Crippen LogP contribution in [0.15, 0.2) is 48.6 Å². The van der Waals surface area contributed by atoms with Gasteiger partial charge in [-0.15, -0.1) is 0 Å². The van der Waals surface area contributed by atoms with Gasteiger partial charge in [0.2, 0.25) is 0 Å². The predicted molar refractivity (Wildman–Crippen MR) is 209 cm³/mol. The molecule has 5 nitrogen and oxygen atoms in total. The van der Waals surface area contributed by atoms with Crippen LogP contribution in [0.3, 0.4) is 0 Å². The maximum absolute atomic E-state index is 10.8. The molecule has 0 heterocycles. The van der Waals surface area contributed by atoms with Gasteiger partial charge in [-0.2, -0.15) is 0 Å². The third-order valence-electron chi connectivity index (χ3n) is 8.91. The topological polar surface area (TPSA) is 62.2 Å². The summed E-state index contributed by atoms with van der Waals surface area (Å²) in [6, 6.07) is 0. The van der Waals surface area contributed by atoms with Crippen molar-refractivity contribution in [1.82, 2.24) is 4.90 Å². The molecule has 0 saturated carbocycles. The Bertz CT molecular complexity index is 691. The van der Waals surface area contributed by atoms with E-state index >= 15 is 0 Å². The predicted octanol–water partition coefficient (Wildman–Crippen LogP) is 11.9. The maximum Gasteiger partial charge on any atom is 0.162 e. The van der Waals surface area contributed by atoms with Gasteiger partial charge in [0.1, 0.15) is 0 Å². The first kappa shape index (κ1) is 46.8. The van der Waals surface area contributed by atoms with Gasteiger partial charge < -0.3 is 24.6 Å². The normalized spacial score (nSPS) is 14.5. The molecule has 282 valence electrons. The summed E-state index contributed by atoms with van der Waals surface area (Å²) in [5.41, 5.74) is 0. The molecule has 0 aliphatic carbocycles. The highest BCUT2D eigenvalue weighted by Crippen LogP contribution is 2.19. The summed E-state index contributed by atoms with van der Waals surface area (Å²) in [4.78, 5) is 2.07. The number of hydrogen-bond acceptors (Lipinski definition) is 5. The number of allylic oxidation sites excluding steroid dienone is 8. The molecule has 0 radical (unpaired) electrons. The van der Waals surface area contributed by atoms with Gasteiger partial charge in [0.25, 0.3) is 0 Å². The minimum atomic E-state index is -1.01. The van der Waals surface area contributed by atoms with Crippen molar-refractivity contribution >= 4 is 0 Å². The summed E-state index contributed by atoms with van der Waals surface area (Å²) in [7, 11) is 4.01. The molecule has 0 aliphatic rings. The third kappa shape index (κ3) is 34.6. The zero-order valence-electron chi connectivity index (χ0n) is 32.3. The van der Waals surface area contributed by atoms with E-state index in [4.69, 9.17) is 9.47 Å². The van der Waals surface area contributed by atoms with Crippen LogP contribution in [0.2, 0.25) is 0 Å². The highest BCUT2D eigenvalue weighted by Gasteiger charge is 2.28. The summed E-state index contributed by atoms with van der Waals surface area (Å²) in [6.45, 7) is 6.31. The van der Waals surface area contributed by atoms with E-state index in [1.807, 2.05) is 14.1 Å². The number of aliphatic hydroxyl groups excluding tert-OH is 2. The van der Waals surface area contributed by atoms with Crippen molar-refractivity contribution in [2.24, 2.45) is 5.92 Å². The molecule has 0 aromatic heterocycles. The fourth-order valence-corrected chi connectivity index (χ4v) is 5.67. The van der Waals surface area contributed by atoms with Crippen molar-refractivity contribution in [2.75, 3.05) is 33.9 Å². The Morgan fingerprint density at radius 2 is 0.792 bits per heavy atom. The summed E-state index contributed by atoms with van der Waals surface area (Å²) in [5, 5.41) is 21.5. The molecule has 3 atom stereocenters. The number of ether oxygens (including phenoxy) is 2. The minimum absolute atomic E-state index is 0.443. The Labute approximate surface area is 299 Å². The van der Waals surface area contributed by atoms with E-state index in [2.05, 4.69) is 67.4 Å². The van der Waals surface area contributed by atoms with Crippen molar-refractivity contribution in [3.8, 4) is 0 Å². The Morgan fingerprint density at radius 1 is 0.458 bits per heavy atom. The smallest absolute Gasteiger partial charge is 0.162 e. The van der Waals surface area contributed by atoms with Crippen molar-refractivity contribution in [3.63, 3.8) is 0 Å². The molecule has 48 heavy (non-hydrogen) atoms. The molecule has 0 fully saturated rings. The molecule has 0 aromatic carbocycles. The van der Waals surface area contributed by atoms with Crippen molar-refractivity contribution < 1.29 is 19.7 Å². The summed E-state index contributed by atoms with van der Waals surface area (Å²) < 4.78 is 11.6.